The van der Waals surface area contributed by atoms with Crippen molar-refractivity contribution in [3.63, 3.8) is 0 Å². The molecule has 2 aliphatic rings. The number of carbonyl (C=O) groups excluding carboxylic acids is 1. The molecule has 1 atom stereocenters. The van der Waals surface area contributed by atoms with Crippen molar-refractivity contribution in [1.82, 2.24) is 25.1 Å². The van der Waals surface area contributed by atoms with Crippen molar-refractivity contribution >= 4 is 33.3 Å². The molecule has 0 radical (unpaired) electrons. The summed E-state index contributed by atoms with van der Waals surface area (Å²) in [5.41, 5.74) is 1.64. The van der Waals surface area contributed by atoms with Crippen LogP contribution < -0.4 is 4.90 Å². The number of ether oxygens (including phenoxy) is 1. The van der Waals surface area contributed by atoms with Crippen LogP contribution in [0.3, 0.4) is 0 Å². The summed E-state index contributed by atoms with van der Waals surface area (Å²) in [5, 5.41) is 8.46. The topological polar surface area (TPSA) is 87.2 Å². The molecule has 8 nitrogen and oxygen atoms in total. The van der Waals surface area contributed by atoms with E-state index in [0.29, 0.717) is 31.9 Å². The fourth-order valence-corrected chi connectivity index (χ4v) is 5.18. The van der Waals surface area contributed by atoms with Crippen LogP contribution in [0.2, 0.25) is 0 Å². The molecule has 2 aliphatic heterocycles. The highest BCUT2D eigenvalue weighted by Gasteiger charge is 2.30. The van der Waals surface area contributed by atoms with Gasteiger partial charge in [-0.05, 0) is 25.8 Å². The summed E-state index contributed by atoms with van der Waals surface area (Å²) < 4.78 is 5.38. The Morgan fingerprint density at radius 3 is 3.00 bits per heavy atom. The first-order chi connectivity index (χ1) is 14.2. The van der Waals surface area contributed by atoms with E-state index >= 15 is 0 Å². The van der Waals surface area contributed by atoms with Crippen molar-refractivity contribution in [2.24, 2.45) is 0 Å². The summed E-state index contributed by atoms with van der Waals surface area (Å²) in [6.45, 7) is 6.33. The normalized spacial score (nSPS) is 20.4. The van der Waals surface area contributed by atoms with Crippen LogP contribution in [-0.4, -0.2) is 70.4 Å². The molecule has 3 aromatic rings. The molecule has 2 fully saturated rings. The lowest BCUT2D eigenvalue weighted by atomic mass is 9.92. The predicted octanol–water partition coefficient (Wildman–Crippen LogP) is 2.58. The lowest BCUT2D eigenvalue weighted by Gasteiger charge is -2.34. The average Bonchev–Trinajstić information content (AvgIpc) is 3.39. The fraction of sp³-hybridized carbons (Fsp3) is 0.500. The van der Waals surface area contributed by atoms with E-state index in [-0.39, 0.29) is 11.8 Å². The minimum absolute atomic E-state index is 0.0482. The Bertz CT molecular complexity index is 1030. The van der Waals surface area contributed by atoms with Gasteiger partial charge in [-0.2, -0.15) is 5.10 Å². The molecule has 5 rings (SSSR count). The molecular formula is C20H24N6O2S. The number of hydrogen-bond acceptors (Lipinski definition) is 7. The van der Waals surface area contributed by atoms with Crippen LogP contribution in [0, 0.1) is 6.92 Å². The van der Waals surface area contributed by atoms with Gasteiger partial charge in [0.25, 0.3) is 5.91 Å². The number of anilines is 1. The molecule has 0 aromatic carbocycles. The van der Waals surface area contributed by atoms with E-state index in [9.17, 15) is 4.79 Å². The average molecular weight is 413 g/mol. The summed E-state index contributed by atoms with van der Waals surface area (Å²) in [5.74, 6) is 1.26. The summed E-state index contributed by atoms with van der Waals surface area (Å²) in [7, 11) is 0. The van der Waals surface area contributed by atoms with Crippen LogP contribution in [0.15, 0.2) is 18.6 Å². The first-order valence-electron chi connectivity index (χ1n) is 10.1. The number of aromatic nitrogens is 4. The number of piperidine rings is 1. The number of rotatable bonds is 3. The molecule has 0 unspecified atom stereocenters. The number of nitrogens with zero attached hydrogens (tertiary/aromatic N) is 5. The zero-order chi connectivity index (χ0) is 19.8. The highest BCUT2D eigenvalue weighted by atomic mass is 32.1. The minimum atomic E-state index is 0.0482. The van der Waals surface area contributed by atoms with Gasteiger partial charge in [0, 0.05) is 37.0 Å². The first kappa shape index (κ1) is 18.5. The molecule has 0 aliphatic carbocycles. The zero-order valence-corrected chi connectivity index (χ0v) is 17.2. The summed E-state index contributed by atoms with van der Waals surface area (Å²) in [6, 6.07) is 2.17. The molecule has 29 heavy (non-hydrogen) atoms. The van der Waals surface area contributed by atoms with Gasteiger partial charge < -0.3 is 14.5 Å². The van der Waals surface area contributed by atoms with E-state index < -0.39 is 0 Å². The van der Waals surface area contributed by atoms with Gasteiger partial charge in [0.05, 0.1) is 36.1 Å². The first-order valence-corrected chi connectivity index (χ1v) is 10.9. The lowest BCUT2D eigenvalue weighted by molar-refractivity contribution is 0.0302. The van der Waals surface area contributed by atoms with Gasteiger partial charge in [-0.1, -0.05) is 0 Å². The molecule has 0 spiro atoms. The van der Waals surface area contributed by atoms with E-state index in [2.05, 4.69) is 38.1 Å². The Kier molecular flexibility index (Phi) is 4.92. The Labute approximate surface area is 172 Å². The summed E-state index contributed by atoms with van der Waals surface area (Å²) in [4.78, 5) is 28.5. The number of carbonyl (C=O) groups is 1. The molecule has 9 heteroatoms. The van der Waals surface area contributed by atoms with Crippen molar-refractivity contribution in [1.29, 1.82) is 0 Å². The third kappa shape index (κ3) is 3.49. The van der Waals surface area contributed by atoms with Gasteiger partial charge in [0.2, 0.25) is 0 Å². The molecular weight excluding hydrogens is 388 g/mol. The van der Waals surface area contributed by atoms with Crippen molar-refractivity contribution in [2.45, 2.75) is 25.7 Å². The maximum Gasteiger partial charge on any atom is 0.257 e. The molecule has 2 saturated heterocycles. The van der Waals surface area contributed by atoms with Crippen LogP contribution in [0.5, 0.6) is 0 Å². The Hall–Kier alpha value is -2.52. The van der Waals surface area contributed by atoms with E-state index in [1.807, 2.05) is 4.90 Å². The zero-order valence-electron chi connectivity index (χ0n) is 16.4. The number of amides is 1. The number of thiophene rings is 1. The van der Waals surface area contributed by atoms with Crippen LogP contribution in [0.25, 0.3) is 10.2 Å². The van der Waals surface area contributed by atoms with Crippen molar-refractivity contribution < 1.29 is 9.53 Å². The lowest BCUT2D eigenvalue weighted by Crippen LogP contribution is -2.41. The Balaban J connectivity index is 1.40. The largest absolute Gasteiger partial charge is 0.378 e. The molecule has 5 heterocycles. The van der Waals surface area contributed by atoms with Crippen LogP contribution in [0.4, 0.5) is 5.82 Å². The monoisotopic (exact) mass is 412 g/mol. The fourth-order valence-electron chi connectivity index (χ4n) is 4.34. The minimum Gasteiger partial charge on any atom is -0.378 e. The molecule has 1 N–H and O–H groups in total. The Morgan fingerprint density at radius 1 is 1.28 bits per heavy atom. The summed E-state index contributed by atoms with van der Waals surface area (Å²) in [6.07, 6.45) is 5.40. The Morgan fingerprint density at radius 2 is 2.14 bits per heavy atom. The van der Waals surface area contributed by atoms with Crippen LogP contribution in [-0.2, 0) is 4.74 Å². The number of H-pyrrole nitrogens is 1. The third-order valence-electron chi connectivity index (χ3n) is 5.76. The highest BCUT2D eigenvalue weighted by molar-refractivity contribution is 7.18. The maximum absolute atomic E-state index is 13.0. The van der Waals surface area contributed by atoms with Crippen LogP contribution >= 0.6 is 11.3 Å². The second-order valence-corrected chi connectivity index (χ2v) is 8.90. The smallest absolute Gasteiger partial charge is 0.257 e. The van der Waals surface area contributed by atoms with Crippen molar-refractivity contribution in [3.05, 3.63) is 34.7 Å². The van der Waals surface area contributed by atoms with Gasteiger partial charge in [0.1, 0.15) is 17.0 Å². The molecule has 0 bridgehead atoms. The van der Waals surface area contributed by atoms with Crippen molar-refractivity contribution in [2.75, 3.05) is 44.3 Å². The number of fused-ring (bicyclic) bond motifs is 1. The number of aromatic amines is 1. The molecule has 1 amide bonds. The summed E-state index contributed by atoms with van der Waals surface area (Å²) >= 11 is 1.70. The SMILES string of the molecule is Cc1cc2c(N3CCC[C@H](c4[nH]ncc4C(=O)N4CCOCC4)C3)ncnc2s1. The van der Waals surface area contributed by atoms with E-state index in [0.717, 1.165) is 47.7 Å². The highest BCUT2D eigenvalue weighted by Crippen LogP contribution is 2.35. The quantitative estimate of drug-likeness (QED) is 0.712. The van der Waals surface area contributed by atoms with Gasteiger partial charge in [-0.3, -0.25) is 9.89 Å². The maximum atomic E-state index is 13.0. The van der Waals surface area contributed by atoms with Gasteiger partial charge in [0.15, 0.2) is 0 Å². The number of hydrogen-bond donors (Lipinski definition) is 1. The number of aryl methyl sites for hydroxylation is 1. The van der Waals surface area contributed by atoms with Gasteiger partial charge in [-0.25, -0.2) is 9.97 Å². The standard InChI is InChI=1S/C20H24N6O2S/c1-13-9-15-18(21-12-22-19(15)29-13)26-4-2-3-14(11-26)17-16(10-23-24-17)20(27)25-5-7-28-8-6-25/h9-10,12,14H,2-8,11H2,1H3,(H,23,24)/t14-/m0/s1. The van der Waals surface area contributed by atoms with Gasteiger partial charge >= 0.3 is 0 Å². The molecule has 3 aromatic heterocycles. The van der Waals surface area contributed by atoms with E-state index in [1.165, 1.54) is 4.88 Å². The second kappa shape index (κ2) is 7.72. The number of nitrogens with one attached hydrogen (secondary N) is 1. The van der Waals surface area contributed by atoms with Crippen LogP contribution in [0.1, 0.15) is 39.7 Å². The van der Waals surface area contributed by atoms with E-state index in [1.54, 1.807) is 23.9 Å². The molecule has 152 valence electrons. The third-order valence-corrected chi connectivity index (χ3v) is 6.72. The van der Waals surface area contributed by atoms with Gasteiger partial charge in [-0.15, -0.1) is 11.3 Å². The number of morpholine rings is 1. The predicted molar refractivity (Wildman–Crippen MR) is 112 cm³/mol. The second-order valence-electron chi connectivity index (χ2n) is 7.66. The van der Waals surface area contributed by atoms with Crippen molar-refractivity contribution in [3.8, 4) is 0 Å². The molecule has 0 saturated carbocycles. The van der Waals surface area contributed by atoms with E-state index in [4.69, 9.17) is 4.74 Å².